The minimum Gasteiger partial charge on any atom is -0.353 e. The molecular weight excluding hydrogens is 472 g/mol. The Hall–Kier alpha value is -2.76. The lowest BCUT2D eigenvalue weighted by Gasteiger charge is -2.35. The fourth-order valence-electron chi connectivity index (χ4n) is 5.12. The van der Waals surface area contributed by atoms with Gasteiger partial charge in [-0.25, -0.2) is 23.2 Å². The summed E-state index contributed by atoms with van der Waals surface area (Å²) in [4.78, 5) is 31.2. The van der Waals surface area contributed by atoms with Gasteiger partial charge in [-0.1, -0.05) is 6.92 Å². The predicted molar refractivity (Wildman–Crippen MR) is 133 cm³/mol. The average molecular weight is 499 g/mol. The Bertz CT molecular complexity index is 1580. The van der Waals surface area contributed by atoms with Gasteiger partial charge in [-0.3, -0.25) is 0 Å². The molecule has 34 heavy (non-hydrogen) atoms. The smallest absolute Gasteiger partial charge is 0.323 e. The lowest BCUT2D eigenvalue weighted by molar-refractivity contribution is 0.384. The second-order valence-electron chi connectivity index (χ2n) is 9.30. The van der Waals surface area contributed by atoms with E-state index in [1.807, 2.05) is 6.92 Å². The highest BCUT2D eigenvalue weighted by Crippen LogP contribution is 2.41. The van der Waals surface area contributed by atoms with Crippen molar-refractivity contribution in [1.82, 2.24) is 24.2 Å². The molecule has 1 aromatic carbocycles. The topological polar surface area (TPSA) is 115 Å². The van der Waals surface area contributed by atoms with Crippen LogP contribution in [0, 0.1) is 12.8 Å². The maximum Gasteiger partial charge on any atom is 0.323 e. The van der Waals surface area contributed by atoms with Gasteiger partial charge in [0.15, 0.2) is 0 Å². The van der Waals surface area contributed by atoms with E-state index < -0.39 is 10.0 Å². The first-order valence-corrected chi connectivity index (χ1v) is 13.8. The molecule has 0 spiro atoms. The maximum absolute atomic E-state index is 13.3. The number of piperazine rings is 1. The lowest BCUT2D eigenvalue weighted by Crippen LogP contribution is -2.49. The summed E-state index contributed by atoms with van der Waals surface area (Å²) in [5.41, 5.74) is 2.11. The molecule has 1 fully saturated rings. The monoisotopic (exact) mass is 498 g/mol. The van der Waals surface area contributed by atoms with Gasteiger partial charge < -0.3 is 14.9 Å². The largest absolute Gasteiger partial charge is 0.353 e. The van der Waals surface area contributed by atoms with Gasteiger partial charge in [0.1, 0.15) is 16.5 Å². The summed E-state index contributed by atoms with van der Waals surface area (Å²) in [5.74, 6) is 2.38. The van der Waals surface area contributed by atoms with E-state index in [2.05, 4.69) is 21.8 Å². The minimum absolute atomic E-state index is 0.185. The Labute approximate surface area is 200 Å². The first-order valence-electron chi connectivity index (χ1n) is 11.6. The highest BCUT2D eigenvalue weighted by molar-refractivity contribution is 7.89. The Morgan fingerprint density at radius 2 is 1.85 bits per heavy atom. The van der Waals surface area contributed by atoms with Gasteiger partial charge in [-0.2, -0.15) is 4.31 Å². The molecular formula is C23H26N6O3S2. The van der Waals surface area contributed by atoms with Crippen molar-refractivity contribution < 1.29 is 8.42 Å². The molecule has 0 amide bonds. The molecule has 0 bridgehead atoms. The Morgan fingerprint density at radius 1 is 1.09 bits per heavy atom. The van der Waals surface area contributed by atoms with Crippen molar-refractivity contribution in [3.8, 4) is 0 Å². The number of anilines is 1. The molecule has 6 rings (SSSR count). The number of hydrogen-bond donors (Lipinski definition) is 2. The molecule has 1 aliphatic carbocycles. The van der Waals surface area contributed by atoms with Gasteiger partial charge in [0.25, 0.3) is 0 Å². The molecule has 0 unspecified atom stereocenters. The summed E-state index contributed by atoms with van der Waals surface area (Å²) < 4.78 is 28.1. The van der Waals surface area contributed by atoms with E-state index >= 15 is 0 Å². The number of thiophene rings is 1. The van der Waals surface area contributed by atoms with E-state index in [1.165, 1.54) is 27.2 Å². The van der Waals surface area contributed by atoms with Crippen LogP contribution in [0.4, 0.5) is 5.82 Å². The fourth-order valence-corrected chi connectivity index (χ4v) is 7.99. The number of sulfonamides is 1. The normalized spacial score (nSPS) is 19.7. The SMILES string of the molecule is Cc1nc(N2CCN(S(=O)(=O)c3ccc4[nH]c(=O)[nH]c4c3)CC2)c2c3c(sc2n1)C[C@H](C)CC3. The van der Waals surface area contributed by atoms with E-state index in [4.69, 9.17) is 9.97 Å². The number of rotatable bonds is 3. The molecule has 4 heterocycles. The van der Waals surface area contributed by atoms with Gasteiger partial charge in [-0.05, 0) is 55.9 Å². The van der Waals surface area contributed by atoms with E-state index in [0.717, 1.165) is 34.7 Å². The lowest BCUT2D eigenvalue weighted by atomic mass is 9.89. The minimum atomic E-state index is -3.67. The number of benzene rings is 1. The highest BCUT2D eigenvalue weighted by atomic mass is 32.2. The van der Waals surface area contributed by atoms with Gasteiger partial charge in [0, 0.05) is 31.1 Å². The molecule has 178 valence electrons. The van der Waals surface area contributed by atoms with Crippen molar-refractivity contribution in [2.45, 2.75) is 38.0 Å². The Balaban J connectivity index is 1.28. The van der Waals surface area contributed by atoms with Gasteiger partial charge >= 0.3 is 5.69 Å². The zero-order chi connectivity index (χ0) is 23.6. The van der Waals surface area contributed by atoms with Crippen molar-refractivity contribution in [2.24, 2.45) is 5.92 Å². The van der Waals surface area contributed by atoms with Crippen LogP contribution in [-0.2, 0) is 22.9 Å². The number of fused-ring (bicyclic) bond motifs is 4. The summed E-state index contributed by atoms with van der Waals surface area (Å²) in [6.07, 6.45) is 3.32. The van der Waals surface area contributed by atoms with Crippen molar-refractivity contribution in [2.75, 3.05) is 31.1 Å². The van der Waals surface area contributed by atoms with Gasteiger partial charge in [0.05, 0.1) is 21.3 Å². The number of aryl methyl sites for hydroxylation is 2. The first kappa shape index (κ1) is 21.8. The van der Waals surface area contributed by atoms with E-state index in [-0.39, 0.29) is 10.6 Å². The highest BCUT2D eigenvalue weighted by Gasteiger charge is 2.31. The molecule has 11 heteroatoms. The van der Waals surface area contributed by atoms with Crippen LogP contribution in [0.1, 0.15) is 29.6 Å². The molecule has 3 aromatic heterocycles. The number of nitrogens with one attached hydrogen (secondary N) is 2. The van der Waals surface area contributed by atoms with E-state index in [9.17, 15) is 13.2 Å². The molecule has 9 nitrogen and oxygen atoms in total. The van der Waals surface area contributed by atoms with Crippen molar-refractivity contribution in [1.29, 1.82) is 0 Å². The van der Waals surface area contributed by atoms with Crippen LogP contribution < -0.4 is 10.6 Å². The maximum atomic E-state index is 13.3. The molecule has 0 saturated carbocycles. The second-order valence-corrected chi connectivity index (χ2v) is 12.3. The first-order chi connectivity index (χ1) is 16.3. The summed E-state index contributed by atoms with van der Waals surface area (Å²) >= 11 is 1.79. The zero-order valence-electron chi connectivity index (χ0n) is 19.1. The van der Waals surface area contributed by atoms with Gasteiger partial charge in [0.2, 0.25) is 10.0 Å². The number of aromatic amines is 2. The van der Waals surface area contributed by atoms with Crippen LogP contribution in [0.2, 0.25) is 0 Å². The predicted octanol–water partition coefficient (Wildman–Crippen LogP) is 2.81. The quantitative estimate of drug-likeness (QED) is 0.449. The van der Waals surface area contributed by atoms with Crippen molar-refractivity contribution in [3.63, 3.8) is 0 Å². The molecule has 1 saturated heterocycles. The van der Waals surface area contributed by atoms with Crippen LogP contribution in [0.3, 0.4) is 0 Å². The number of nitrogens with zero attached hydrogens (tertiary/aromatic N) is 4. The zero-order valence-corrected chi connectivity index (χ0v) is 20.7. The van der Waals surface area contributed by atoms with Crippen LogP contribution in [0.15, 0.2) is 27.9 Å². The standard InChI is InChI=1S/C23H26N6O3S2/c1-13-3-5-16-19(11-13)33-22-20(16)21(24-14(2)25-22)28-7-9-29(10-8-28)34(31,32)15-4-6-17-18(12-15)27-23(30)26-17/h4,6,12-13H,3,5,7-11H2,1-2H3,(H2,26,27,30)/t13-/m1/s1. The summed E-state index contributed by atoms with van der Waals surface area (Å²) in [6.45, 7) is 6.10. The van der Waals surface area contributed by atoms with Crippen LogP contribution in [0.5, 0.6) is 0 Å². The number of hydrogen-bond acceptors (Lipinski definition) is 7. The molecule has 1 atom stereocenters. The van der Waals surface area contributed by atoms with Crippen molar-refractivity contribution >= 4 is 48.4 Å². The summed E-state index contributed by atoms with van der Waals surface area (Å²) in [6, 6.07) is 4.69. The van der Waals surface area contributed by atoms with Gasteiger partial charge in [-0.15, -0.1) is 11.3 Å². The van der Waals surface area contributed by atoms with E-state index in [0.29, 0.717) is 43.1 Å². The van der Waals surface area contributed by atoms with Crippen molar-refractivity contribution in [3.05, 3.63) is 44.9 Å². The number of aromatic nitrogens is 4. The fraction of sp³-hybridized carbons (Fsp3) is 0.435. The number of H-pyrrole nitrogens is 2. The van der Waals surface area contributed by atoms with Crippen LogP contribution in [0.25, 0.3) is 21.3 Å². The Kier molecular flexibility index (Phi) is 5.05. The number of imidazole rings is 1. The summed E-state index contributed by atoms with van der Waals surface area (Å²) in [5, 5.41) is 1.16. The molecule has 1 aliphatic heterocycles. The van der Waals surface area contributed by atoms with Crippen LogP contribution in [-0.4, -0.2) is 58.8 Å². The Morgan fingerprint density at radius 3 is 2.65 bits per heavy atom. The molecule has 2 N–H and O–H groups in total. The molecule has 4 aromatic rings. The van der Waals surface area contributed by atoms with Crippen LogP contribution >= 0.6 is 11.3 Å². The molecule has 0 radical (unpaired) electrons. The third-order valence-corrected chi connectivity index (χ3v) is 9.95. The second kappa shape index (κ2) is 7.89. The third kappa shape index (κ3) is 3.53. The molecule has 2 aliphatic rings. The average Bonchev–Trinajstić information content (AvgIpc) is 3.36. The van der Waals surface area contributed by atoms with E-state index in [1.54, 1.807) is 23.5 Å². The summed E-state index contributed by atoms with van der Waals surface area (Å²) in [7, 11) is -3.67. The third-order valence-electron chi connectivity index (χ3n) is 6.91.